The molecule has 0 saturated heterocycles. The molecule has 5 nitrogen and oxygen atoms in total. The Balaban J connectivity index is 0.00000312. The predicted octanol–water partition coefficient (Wildman–Crippen LogP) is 3.37. The lowest BCUT2D eigenvalue weighted by molar-refractivity contribution is -0.115. The van der Waals surface area contributed by atoms with Gasteiger partial charge in [-0.05, 0) is 42.8 Å². The highest BCUT2D eigenvalue weighted by Crippen LogP contribution is 2.16. The maximum Gasteiger partial charge on any atom is 0.243 e. The quantitative estimate of drug-likeness (QED) is 0.341. The average molecular weight is 476 g/mol. The van der Waals surface area contributed by atoms with Crippen molar-refractivity contribution >= 4 is 52.9 Å². The van der Waals surface area contributed by atoms with E-state index in [0.29, 0.717) is 18.2 Å². The average Bonchev–Trinajstić information content (AvgIpc) is 3.05. The maximum absolute atomic E-state index is 12.8. The molecule has 2 aromatic rings. The first-order chi connectivity index (χ1) is 11.6. The van der Waals surface area contributed by atoms with Gasteiger partial charge in [0.15, 0.2) is 5.96 Å². The van der Waals surface area contributed by atoms with Gasteiger partial charge in [0, 0.05) is 22.5 Å². The number of nitrogens with zero attached hydrogens (tertiary/aromatic N) is 1. The Morgan fingerprint density at radius 3 is 2.40 bits per heavy atom. The van der Waals surface area contributed by atoms with Gasteiger partial charge in [0.1, 0.15) is 5.82 Å². The van der Waals surface area contributed by atoms with Crippen LogP contribution in [0.25, 0.3) is 0 Å². The molecule has 0 saturated carbocycles. The molecule has 3 N–H and O–H groups in total. The lowest BCUT2D eigenvalue weighted by atomic mass is 10.3. The van der Waals surface area contributed by atoms with Gasteiger partial charge in [0.25, 0.3) is 0 Å². The van der Waals surface area contributed by atoms with Gasteiger partial charge in [0.05, 0.1) is 13.1 Å². The Morgan fingerprint density at radius 2 is 1.80 bits per heavy atom. The number of anilines is 1. The van der Waals surface area contributed by atoms with Gasteiger partial charge in [0.2, 0.25) is 5.91 Å². The van der Waals surface area contributed by atoms with Crippen LogP contribution >= 0.6 is 35.3 Å². The molecule has 8 heteroatoms. The van der Waals surface area contributed by atoms with Crippen LogP contribution in [0.3, 0.4) is 0 Å². The van der Waals surface area contributed by atoms with Crippen molar-refractivity contribution in [1.29, 1.82) is 0 Å². The molecule has 2 rings (SSSR count). The Bertz CT molecular complexity index is 703. The fourth-order valence-corrected chi connectivity index (χ4v) is 2.90. The number of hydrogen-bond donors (Lipinski definition) is 3. The summed E-state index contributed by atoms with van der Waals surface area (Å²) in [7, 11) is 1.65. The zero-order chi connectivity index (χ0) is 17.4. The minimum Gasteiger partial charge on any atom is -0.352 e. The van der Waals surface area contributed by atoms with E-state index in [1.54, 1.807) is 18.4 Å². The summed E-state index contributed by atoms with van der Waals surface area (Å²) < 4.78 is 12.8. The Hall–Kier alpha value is -1.68. The van der Waals surface area contributed by atoms with E-state index in [9.17, 15) is 9.18 Å². The molecule has 0 atom stereocenters. The highest BCUT2D eigenvalue weighted by atomic mass is 127. The van der Waals surface area contributed by atoms with E-state index >= 15 is 0 Å². The molecule has 0 spiro atoms. The van der Waals surface area contributed by atoms with Gasteiger partial charge in [-0.25, -0.2) is 4.39 Å². The summed E-state index contributed by atoms with van der Waals surface area (Å²) in [4.78, 5) is 18.5. The molecule has 0 unspecified atom stereocenters. The van der Waals surface area contributed by atoms with Crippen molar-refractivity contribution in [3.63, 3.8) is 0 Å². The normalized spacial score (nSPS) is 10.8. The second-order valence-corrected chi connectivity index (χ2v) is 6.31. The van der Waals surface area contributed by atoms with E-state index in [0.717, 1.165) is 6.42 Å². The minimum atomic E-state index is -0.337. The zero-order valence-electron chi connectivity index (χ0n) is 14.1. The van der Waals surface area contributed by atoms with Crippen LogP contribution in [0.5, 0.6) is 0 Å². The number of aliphatic imine (C=N–C) groups is 1. The lowest BCUT2D eigenvalue weighted by Gasteiger charge is -2.11. The molecule has 0 bridgehead atoms. The molecular formula is C17H22FIN4OS. The summed E-state index contributed by atoms with van der Waals surface area (Å²) in [5.74, 6) is -0.0137. The van der Waals surface area contributed by atoms with Crippen molar-refractivity contribution in [2.24, 2.45) is 4.99 Å². The number of nitrogens with one attached hydrogen (secondary N) is 3. The van der Waals surface area contributed by atoms with E-state index in [-0.39, 0.29) is 42.2 Å². The molecule has 1 amide bonds. The predicted molar refractivity (Wildman–Crippen MR) is 112 cm³/mol. The Kier molecular flexibility index (Phi) is 9.43. The van der Waals surface area contributed by atoms with Crippen LogP contribution in [0, 0.1) is 5.82 Å². The lowest BCUT2D eigenvalue weighted by Crippen LogP contribution is -2.40. The molecule has 0 radical (unpaired) electrons. The number of benzene rings is 1. The Labute approximate surface area is 168 Å². The summed E-state index contributed by atoms with van der Waals surface area (Å²) in [5, 5.41) is 8.80. The SMILES string of the molecule is CCc1ccc(CNC(=NC)NCC(=O)Nc2ccc(F)cc2)s1.I. The molecule has 0 aliphatic rings. The molecule has 25 heavy (non-hydrogen) atoms. The number of guanidine groups is 1. The summed E-state index contributed by atoms with van der Waals surface area (Å²) >= 11 is 1.76. The molecule has 1 aromatic carbocycles. The summed E-state index contributed by atoms with van der Waals surface area (Å²) in [5.41, 5.74) is 0.553. The van der Waals surface area contributed by atoms with Gasteiger partial charge < -0.3 is 16.0 Å². The zero-order valence-corrected chi connectivity index (χ0v) is 17.3. The first kappa shape index (κ1) is 21.4. The van der Waals surface area contributed by atoms with Crippen molar-refractivity contribution in [2.45, 2.75) is 19.9 Å². The first-order valence-corrected chi connectivity index (χ1v) is 8.50. The number of thiophene rings is 1. The van der Waals surface area contributed by atoms with E-state index in [1.165, 1.54) is 34.0 Å². The van der Waals surface area contributed by atoms with Gasteiger partial charge in [-0.15, -0.1) is 35.3 Å². The van der Waals surface area contributed by atoms with Crippen LogP contribution in [-0.4, -0.2) is 25.5 Å². The maximum atomic E-state index is 12.8. The van der Waals surface area contributed by atoms with Crippen molar-refractivity contribution in [3.8, 4) is 0 Å². The number of halogens is 2. The third-order valence-corrected chi connectivity index (χ3v) is 4.49. The van der Waals surface area contributed by atoms with Crippen LogP contribution in [-0.2, 0) is 17.8 Å². The van der Waals surface area contributed by atoms with Crippen LogP contribution < -0.4 is 16.0 Å². The van der Waals surface area contributed by atoms with Gasteiger partial charge >= 0.3 is 0 Å². The van der Waals surface area contributed by atoms with E-state index < -0.39 is 0 Å². The standard InChI is InChI=1S/C17H21FN4OS.HI/c1-3-14-8-9-15(24-14)10-20-17(19-2)21-11-16(23)22-13-6-4-12(18)5-7-13;/h4-9H,3,10-11H2,1-2H3,(H,22,23)(H2,19,20,21);1H. The largest absolute Gasteiger partial charge is 0.352 e. The summed E-state index contributed by atoms with van der Waals surface area (Å²) in [6.07, 6.45) is 1.03. The third-order valence-electron chi connectivity index (χ3n) is 3.26. The monoisotopic (exact) mass is 476 g/mol. The molecule has 0 aliphatic carbocycles. The third kappa shape index (κ3) is 7.39. The van der Waals surface area contributed by atoms with E-state index in [1.807, 2.05) is 0 Å². The number of carbonyl (C=O) groups is 1. The number of amides is 1. The molecule has 0 fully saturated rings. The van der Waals surface area contributed by atoms with Gasteiger partial charge in [-0.1, -0.05) is 6.92 Å². The highest BCUT2D eigenvalue weighted by Gasteiger charge is 2.05. The highest BCUT2D eigenvalue weighted by molar-refractivity contribution is 14.0. The van der Waals surface area contributed by atoms with Crippen molar-refractivity contribution in [1.82, 2.24) is 10.6 Å². The first-order valence-electron chi connectivity index (χ1n) is 7.68. The molecule has 0 aliphatic heterocycles. The van der Waals surface area contributed by atoms with Crippen LogP contribution in [0.2, 0.25) is 0 Å². The second-order valence-electron chi connectivity index (χ2n) is 5.06. The fourth-order valence-electron chi connectivity index (χ4n) is 2.00. The second kappa shape index (κ2) is 11.0. The summed E-state index contributed by atoms with van der Waals surface area (Å²) in [6.45, 7) is 2.86. The number of carbonyl (C=O) groups excluding carboxylic acids is 1. The number of hydrogen-bond acceptors (Lipinski definition) is 3. The van der Waals surface area contributed by atoms with Crippen LogP contribution in [0.1, 0.15) is 16.7 Å². The smallest absolute Gasteiger partial charge is 0.243 e. The van der Waals surface area contributed by atoms with Gasteiger partial charge in [-0.2, -0.15) is 0 Å². The van der Waals surface area contributed by atoms with Gasteiger partial charge in [-0.3, -0.25) is 9.79 Å². The molecule has 1 heterocycles. The van der Waals surface area contributed by atoms with E-state index in [4.69, 9.17) is 0 Å². The van der Waals surface area contributed by atoms with Crippen molar-refractivity contribution < 1.29 is 9.18 Å². The minimum absolute atomic E-state index is 0. The summed E-state index contributed by atoms with van der Waals surface area (Å²) in [6, 6.07) is 9.84. The Morgan fingerprint density at radius 1 is 1.12 bits per heavy atom. The topological polar surface area (TPSA) is 65.5 Å². The molecule has 136 valence electrons. The van der Waals surface area contributed by atoms with Crippen LogP contribution in [0.15, 0.2) is 41.4 Å². The number of aryl methyl sites for hydroxylation is 1. The molecule has 1 aromatic heterocycles. The van der Waals surface area contributed by atoms with Crippen LogP contribution in [0.4, 0.5) is 10.1 Å². The number of rotatable bonds is 6. The van der Waals surface area contributed by atoms with Crippen molar-refractivity contribution in [2.75, 3.05) is 18.9 Å². The fraction of sp³-hybridized carbons (Fsp3) is 0.294. The van der Waals surface area contributed by atoms with E-state index in [2.05, 4.69) is 40.0 Å². The van der Waals surface area contributed by atoms with Crippen molar-refractivity contribution in [3.05, 3.63) is 52.0 Å². The molecular weight excluding hydrogens is 454 g/mol.